The Kier molecular flexibility index (Phi) is 4.48. The van der Waals surface area contributed by atoms with Gasteiger partial charge in [-0.2, -0.15) is 13.2 Å². The van der Waals surface area contributed by atoms with Crippen molar-refractivity contribution in [2.24, 2.45) is 5.92 Å². The first-order valence-corrected chi connectivity index (χ1v) is 7.32. The van der Waals surface area contributed by atoms with E-state index in [-0.39, 0.29) is 6.42 Å². The van der Waals surface area contributed by atoms with Crippen LogP contribution >= 0.6 is 22.9 Å². The van der Waals surface area contributed by atoms with E-state index in [0.29, 0.717) is 30.2 Å². The van der Waals surface area contributed by atoms with Crippen LogP contribution in [0.1, 0.15) is 41.6 Å². The van der Waals surface area contributed by atoms with E-state index >= 15 is 0 Å². The van der Waals surface area contributed by atoms with Gasteiger partial charge in [-0.15, -0.1) is 33.1 Å². The van der Waals surface area contributed by atoms with Crippen molar-refractivity contribution in [3.8, 4) is 0 Å². The zero-order valence-electron chi connectivity index (χ0n) is 9.71. The number of hydrogen-bond donors (Lipinski definition) is 0. The molecular weight excluding hydrogens is 285 g/mol. The van der Waals surface area contributed by atoms with Crippen LogP contribution < -0.4 is 0 Å². The maximum Gasteiger partial charge on any atom is 0.392 e. The van der Waals surface area contributed by atoms with Crippen molar-refractivity contribution in [3.05, 3.63) is 10.0 Å². The predicted molar refractivity (Wildman–Crippen MR) is 65.1 cm³/mol. The largest absolute Gasteiger partial charge is 0.392 e. The van der Waals surface area contributed by atoms with Crippen molar-refractivity contribution in [3.63, 3.8) is 0 Å². The van der Waals surface area contributed by atoms with Crippen LogP contribution in [0.3, 0.4) is 0 Å². The molecule has 1 fully saturated rings. The molecule has 1 aliphatic rings. The molecule has 18 heavy (non-hydrogen) atoms. The summed E-state index contributed by atoms with van der Waals surface area (Å²) < 4.78 is 38.9. The minimum absolute atomic E-state index is 0.207. The molecule has 2 nitrogen and oxygen atoms in total. The summed E-state index contributed by atoms with van der Waals surface area (Å²) in [5, 5.41) is 9.10. The second kappa shape index (κ2) is 5.74. The first-order chi connectivity index (χ1) is 8.52. The SMILES string of the molecule is FC(F)(F)C1CCCCC1c1nnc(CCCl)s1. The number of aryl methyl sites for hydroxylation is 1. The van der Waals surface area contributed by atoms with Gasteiger partial charge < -0.3 is 0 Å². The molecule has 7 heteroatoms. The zero-order chi connectivity index (χ0) is 13.2. The predicted octanol–water partition coefficient (Wildman–Crippen LogP) is 4.16. The molecule has 0 aliphatic heterocycles. The highest BCUT2D eigenvalue weighted by Gasteiger charge is 2.47. The Morgan fingerprint density at radius 3 is 2.61 bits per heavy atom. The summed E-state index contributed by atoms with van der Waals surface area (Å²) in [6, 6.07) is 0. The van der Waals surface area contributed by atoms with Gasteiger partial charge in [-0.3, -0.25) is 0 Å². The highest BCUT2D eigenvalue weighted by molar-refractivity contribution is 7.11. The molecule has 102 valence electrons. The Balaban J connectivity index is 2.17. The minimum Gasteiger partial charge on any atom is -0.171 e. The van der Waals surface area contributed by atoms with Crippen LogP contribution in [0.15, 0.2) is 0 Å². The first-order valence-electron chi connectivity index (χ1n) is 5.97. The van der Waals surface area contributed by atoms with Gasteiger partial charge in [-0.25, -0.2) is 0 Å². The van der Waals surface area contributed by atoms with Gasteiger partial charge in [0.25, 0.3) is 0 Å². The lowest BCUT2D eigenvalue weighted by Gasteiger charge is -2.31. The summed E-state index contributed by atoms with van der Waals surface area (Å²) in [7, 11) is 0. The summed E-state index contributed by atoms with van der Waals surface area (Å²) in [6.45, 7) is 0. The van der Waals surface area contributed by atoms with E-state index < -0.39 is 18.0 Å². The first kappa shape index (κ1) is 14.1. The van der Waals surface area contributed by atoms with Crippen molar-refractivity contribution < 1.29 is 13.2 Å². The van der Waals surface area contributed by atoms with Crippen LogP contribution in [0.25, 0.3) is 0 Å². The molecule has 1 aromatic heterocycles. The Morgan fingerprint density at radius 1 is 1.22 bits per heavy atom. The monoisotopic (exact) mass is 298 g/mol. The number of hydrogen-bond acceptors (Lipinski definition) is 3. The fourth-order valence-electron chi connectivity index (χ4n) is 2.42. The lowest BCUT2D eigenvalue weighted by molar-refractivity contribution is -0.187. The maximum absolute atomic E-state index is 13.0. The second-order valence-electron chi connectivity index (χ2n) is 4.51. The Morgan fingerprint density at radius 2 is 1.94 bits per heavy atom. The normalized spacial score (nSPS) is 25.3. The Hall–Kier alpha value is -0.360. The van der Waals surface area contributed by atoms with Crippen molar-refractivity contribution >= 4 is 22.9 Å². The van der Waals surface area contributed by atoms with Crippen molar-refractivity contribution in [1.29, 1.82) is 0 Å². The highest BCUT2D eigenvalue weighted by Crippen LogP contribution is 2.46. The van der Waals surface area contributed by atoms with Gasteiger partial charge in [0.2, 0.25) is 0 Å². The lowest BCUT2D eigenvalue weighted by atomic mass is 9.79. The van der Waals surface area contributed by atoms with Crippen LogP contribution in [0.5, 0.6) is 0 Å². The van der Waals surface area contributed by atoms with E-state index in [4.69, 9.17) is 11.6 Å². The van der Waals surface area contributed by atoms with Gasteiger partial charge in [-0.1, -0.05) is 12.8 Å². The quantitative estimate of drug-likeness (QED) is 0.783. The average molecular weight is 299 g/mol. The van der Waals surface area contributed by atoms with E-state index in [2.05, 4.69) is 10.2 Å². The molecule has 1 heterocycles. The van der Waals surface area contributed by atoms with Gasteiger partial charge in [0.15, 0.2) is 0 Å². The third-order valence-corrected chi connectivity index (χ3v) is 4.60. The fraction of sp³-hybridized carbons (Fsp3) is 0.818. The molecule has 2 atom stereocenters. The summed E-state index contributed by atoms with van der Waals surface area (Å²) >= 11 is 6.87. The molecule has 2 rings (SSSR count). The zero-order valence-corrected chi connectivity index (χ0v) is 11.3. The minimum atomic E-state index is -4.14. The highest BCUT2D eigenvalue weighted by atomic mass is 35.5. The molecule has 1 aromatic rings. The van der Waals surface area contributed by atoms with Gasteiger partial charge in [0, 0.05) is 18.2 Å². The van der Waals surface area contributed by atoms with Gasteiger partial charge in [0.1, 0.15) is 10.0 Å². The van der Waals surface area contributed by atoms with Crippen molar-refractivity contribution in [2.75, 3.05) is 5.88 Å². The van der Waals surface area contributed by atoms with Crippen molar-refractivity contribution in [1.82, 2.24) is 10.2 Å². The summed E-state index contributed by atoms with van der Waals surface area (Å²) in [4.78, 5) is 0. The molecule has 0 bridgehead atoms. The van der Waals surface area contributed by atoms with Crippen LogP contribution in [-0.4, -0.2) is 22.3 Å². The molecule has 2 unspecified atom stereocenters. The molecule has 0 saturated heterocycles. The third kappa shape index (κ3) is 3.15. The summed E-state index contributed by atoms with van der Waals surface area (Å²) in [5.41, 5.74) is 0. The smallest absolute Gasteiger partial charge is 0.171 e. The second-order valence-corrected chi connectivity index (χ2v) is 5.98. The fourth-order valence-corrected chi connectivity index (χ4v) is 3.75. The molecule has 0 N–H and O–H groups in total. The molecular formula is C11H14ClF3N2S. The van der Waals surface area contributed by atoms with Crippen molar-refractivity contribution in [2.45, 2.75) is 44.2 Å². The molecule has 0 radical (unpaired) electrons. The van der Waals surface area contributed by atoms with Crippen LogP contribution in [-0.2, 0) is 6.42 Å². The van der Waals surface area contributed by atoms with Gasteiger partial charge in [0.05, 0.1) is 5.92 Å². The van der Waals surface area contributed by atoms with Gasteiger partial charge >= 0.3 is 6.18 Å². The average Bonchev–Trinajstić information content (AvgIpc) is 2.77. The van der Waals surface area contributed by atoms with E-state index in [1.807, 2.05) is 0 Å². The lowest BCUT2D eigenvalue weighted by Crippen LogP contribution is -2.31. The number of halogens is 4. The molecule has 0 amide bonds. The van der Waals surface area contributed by atoms with E-state index in [1.165, 1.54) is 11.3 Å². The van der Waals surface area contributed by atoms with Crippen LogP contribution in [0.4, 0.5) is 13.2 Å². The Labute approximate surface area is 113 Å². The molecule has 0 spiro atoms. The maximum atomic E-state index is 13.0. The standard InChI is InChI=1S/C11H14ClF3N2S/c12-6-5-9-16-17-10(18-9)7-3-1-2-4-8(7)11(13,14)15/h7-8H,1-6H2. The topological polar surface area (TPSA) is 25.8 Å². The third-order valence-electron chi connectivity index (χ3n) is 3.29. The molecule has 1 aliphatic carbocycles. The van der Waals surface area contributed by atoms with Crippen LogP contribution in [0.2, 0.25) is 0 Å². The molecule has 1 saturated carbocycles. The number of alkyl halides is 4. The van der Waals surface area contributed by atoms with E-state index in [0.717, 1.165) is 11.4 Å². The number of nitrogens with zero attached hydrogens (tertiary/aromatic N) is 2. The van der Waals surface area contributed by atoms with E-state index in [1.54, 1.807) is 0 Å². The van der Waals surface area contributed by atoms with Crippen LogP contribution in [0, 0.1) is 5.92 Å². The van der Waals surface area contributed by atoms with E-state index in [9.17, 15) is 13.2 Å². The number of aromatic nitrogens is 2. The number of rotatable bonds is 3. The van der Waals surface area contributed by atoms with Gasteiger partial charge in [-0.05, 0) is 12.8 Å². The molecule has 0 aromatic carbocycles. The summed E-state index contributed by atoms with van der Waals surface area (Å²) in [6.07, 6.45) is -1.32. The Bertz CT molecular complexity index is 394. The summed E-state index contributed by atoms with van der Waals surface area (Å²) in [5.74, 6) is -1.36.